The standard InChI is InChI=1S/C28H22ClN3O6/c1-2-36-25-16-18(9-14-23(25)38-28(35)19-10-12-20(29)13-11-19)17-30-32-26(33)21-6-3-4-7-22(21)31-27(34)24-8-5-15-37-24/h3-17H,2H2,1H3,(H,31,34)(H,32,33)/b30-17-. The molecule has 0 saturated heterocycles. The first-order valence-electron chi connectivity index (χ1n) is 11.5. The number of nitrogens with zero attached hydrogens (tertiary/aromatic N) is 1. The third-order valence-electron chi connectivity index (χ3n) is 5.09. The summed E-state index contributed by atoms with van der Waals surface area (Å²) in [6.07, 6.45) is 2.80. The summed E-state index contributed by atoms with van der Waals surface area (Å²) in [6, 6.07) is 20.8. The van der Waals surface area contributed by atoms with Gasteiger partial charge in [0.15, 0.2) is 17.3 Å². The number of nitrogens with one attached hydrogen (secondary N) is 2. The maximum atomic E-state index is 12.7. The van der Waals surface area contributed by atoms with Gasteiger partial charge in [-0.3, -0.25) is 9.59 Å². The van der Waals surface area contributed by atoms with Crippen molar-refractivity contribution in [1.29, 1.82) is 0 Å². The number of carbonyl (C=O) groups is 3. The Morgan fingerprint density at radius 2 is 1.74 bits per heavy atom. The summed E-state index contributed by atoms with van der Waals surface area (Å²) in [5.74, 6) is -0.904. The molecule has 0 atom stereocenters. The average molecular weight is 532 g/mol. The van der Waals surface area contributed by atoms with E-state index < -0.39 is 17.8 Å². The predicted molar refractivity (Wildman–Crippen MR) is 142 cm³/mol. The Hall–Kier alpha value is -4.89. The highest BCUT2D eigenvalue weighted by atomic mass is 35.5. The average Bonchev–Trinajstić information content (AvgIpc) is 3.46. The number of benzene rings is 3. The SMILES string of the molecule is CCOc1cc(/C=N\NC(=O)c2ccccc2NC(=O)c2ccco2)ccc1OC(=O)c1ccc(Cl)cc1. The first-order chi connectivity index (χ1) is 18.4. The van der Waals surface area contributed by atoms with Gasteiger partial charge in [-0.25, -0.2) is 10.2 Å². The second-order valence-electron chi connectivity index (χ2n) is 7.71. The van der Waals surface area contributed by atoms with Crippen LogP contribution in [0.15, 0.2) is 94.6 Å². The van der Waals surface area contributed by atoms with E-state index >= 15 is 0 Å². The van der Waals surface area contributed by atoms with Gasteiger partial charge in [0.2, 0.25) is 0 Å². The van der Waals surface area contributed by atoms with Crippen LogP contribution in [0.3, 0.4) is 0 Å². The van der Waals surface area contributed by atoms with Crippen molar-refractivity contribution in [3.05, 3.63) is 113 Å². The van der Waals surface area contributed by atoms with Crippen molar-refractivity contribution >= 4 is 41.3 Å². The molecule has 1 heterocycles. The molecule has 192 valence electrons. The summed E-state index contributed by atoms with van der Waals surface area (Å²) in [6.45, 7) is 2.14. The van der Waals surface area contributed by atoms with Crippen LogP contribution in [0.25, 0.3) is 0 Å². The molecule has 0 aliphatic heterocycles. The van der Waals surface area contributed by atoms with Crippen LogP contribution in [0.1, 0.15) is 43.8 Å². The number of hydrazone groups is 1. The molecule has 0 unspecified atom stereocenters. The highest BCUT2D eigenvalue weighted by molar-refractivity contribution is 6.30. The van der Waals surface area contributed by atoms with Crippen LogP contribution >= 0.6 is 11.6 Å². The van der Waals surface area contributed by atoms with Crippen molar-refractivity contribution in [2.45, 2.75) is 6.92 Å². The van der Waals surface area contributed by atoms with E-state index in [0.717, 1.165) is 0 Å². The topological polar surface area (TPSA) is 119 Å². The van der Waals surface area contributed by atoms with Gasteiger partial charge in [0.1, 0.15) is 0 Å². The Bertz CT molecular complexity index is 1470. The van der Waals surface area contributed by atoms with Gasteiger partial charge in [0.25, 0.3) is 11.8 Å². The van der Waals surface area contributed by atoms with Gasteiger partial charge < -0.3 is 19.2 Å². The molecule has 9 nitrogen and oxygen atoms in total. The molecule has 1 aromatic heterocycles. The van der Waals surface area contributed by atoms with Gasteiger partial charge in [-0.2, -0.15) is 5.10 Å². The number of amides is 2. The first-order valence-corrected chi connectivity index (χ1v) is 11.8. The van der Waals surface area contributed by atoms with Crippen LogP contribution in [0.5, 0.6) is 11.5 Å². The van der Waals surface area contributed by atoms with Crippen LogP contribution in [-0.2, 0) is 0 Å². The number of anilines is 1. The number of rotatable bonds is 9. The van der Waals surface area contributed by atoms with Gasteiger partial charge in [-0.1, -0.05) is 23.7 Å². The van der Waals surface area contributed by atoms with Crippen molar-refractivity contribution in [3.8, 4) is 11.5 Å². The minimum atomic E-state index is -0.561. The van der Waals surface area contributed by atoms with Crippen LogP contribution < -0.4 is 20.2 Å². The molecule has 4 rings (SSSR count). The van der Waals surface area contributed by atoms with E-state index in [1.165, 1.54) is 18.5 Å². The van der Waals surface area contributed by atoms with Crippen molar-refractivity contribution < 1.29 is 28.3 Å². The summed E-state index contributed by atoms with van der Waals surface area (Å²) in [5, 5.41) is 7.16. The third-order valence-corrected chi connectivity index (χ3v) is 5.35. The highest BCUT2D eigenvalue weighted by Crippen LogP contribution is 2.29. The Morgan fingerprint density at radius 3 is 2.47 bits per heavy atom. The molecule has 2 N–H and O–H groups in total. The zero-order valence-electron chi connectivity index (χ0n) is 20.1. The van der Waals surface area contributed by atoms with Crippen LogP contribution in [0.4, 0.5) is 5.69 Å². The Morgan fingerprint density at radius 1 is 0.947 bits per heavy atom. The third kappa shape index (κ3) is 6.65. The highest BCUT2D eigenvalue weighted by Gasteiger charge is 2.16. The predicted octanol–water partition coefficient (Wildman–Crippen LogP) is 5.57. The molecule has 0 fully saturated rings. The number of furan rings is 1. The molecule has 10 heteroatoms. The smallest absolute Gasteiger partial charge is 0.343 e. The van der Waals surface area contributed by atoms with Crippen LogP contribution in [0.2, 0.25) is 5.02 Å². The lowest BCUT2D eigenvalue weighted by atomic mass is 10.1. The van der Waals surface area contributed by atoms with Crippen LogP contribution in [0, 0.1) is 0 Å². The second kappa shape index (κ2) is 12.4. The van der Waals surface area contributed by atoms with E-state index in [2.05, 4.69) is 15.8 Å². The fourth-order valence-corrected chi connectivity index (χ4v) is 3.44. The first kappa shape index (κ1) is 26.2. The molecule has 0 spiro atoms. The monoisotopic (exact) mass is 531 g/mol. The maximum absolute atomic E-state index is 12.7. The number of para-hydroxylation sites is 1. The lowest BCUT2D eigenvalue weighted by Gasteiger charge is -2.11. The largest absolute Gasteiger partial charge is 0.490 e. The van der Waals surface area contributed by atoms with Crippen LogP contribution in [-0.4, -0.2) is 30.6 Å². The van der Waals surface area contributed by atoms with Gasteiger partial charge in [0, 0.05) is 5.02 Å². The van der Waals surface area contributed by atoms with Crippen molar-refractivity contribution in [2.75, 3.05) is 11.9 Å². The Kier molecular flexibility index (Phi) is 8.53. The number of halogens is 1. The van der Waals surface area contributed by atoms with E-state index in [0.29, 0.717) is 34.2 Å². The minimum Gasteiger partial charge on any atom is -0.490 e. The number of hydrogen-bond donors (Lipinski definition) is 2. The molecular formula is C28H22ClN3O6. The molecule has 0 radical (unpaired) electrons. The van der Waals surface area contributed by atoms with Crippen molar-refractivity contribution in [1.82, 2.24) is 5.43 Å². The number of ether oxygens (including phenoxy) is 2. The van der Waals surface area contributed by atoms with E-state index in [-0.39, 0.29) is 17.1 Å². The molecular weight excluding hydrogens is 510 g/mol. The van der Waals surface area contributed by atoms with E-state index in [9.17, 15) is 14.4 Å². The molecule has 38 heavy (non-hydrogen) atoms. The van der Waals surface area contributed by atoms with Gasteiger partial charge in [-0.05, 0) is 79.2 Å². The quantitative estimate of drug-likeness (QED) is 0.126. The summed E-state index contributed by atoms with van der Waals surface area (Å²) >= 11 is 5.87. The molecule has 3 aromatic carbocycles. The number of carbonyl (C=O) groups excluding carboxylic acids is 3. The minimum absolute atomic E-state index is 0.116. The summed E-state index contributed by atoms with van der Waals surface area (Å²) in [4.78, 5) is 37.5. The van der Waals surface area contributed by atoms with Crippen molar-refractivity contribution in [3.63, 3.8) is 0 Å². The van der Waals surface area contributed by atoms with Gasteiger partial charge in [0.05, 0.1) is 35.9 Å². The maximum Gasteiger partial charge on any atom is 0.343 e. The molecule has 4 aromatic rings. The van der Waals surface area contributed by atoms with E-state index in [1.54, 1.807) is 79.7 Å². The zero-order valence-corrected chi connectivity index (χ0v) is 20.9. The second-order valence-corrected chi connectivity index (χ2v) is 8.15. The number of hydrogen-bond acceptors (Lipinski definition) is 7. The molecule has 0 aliphatic carbocycles. The summed E-state index contributed by atoms with van der Waals surface area (Å²) in [5.41, 5.74) is 3.87. The lowest BCUT2D eigenvalue weighted by molar-refractivity contribution is 0.0728. The lowest BCUT2D eigenvalue weighted by Crippen LogP contribution is -2.21. The summed E-state index contributed by atoms with van der Waals surface area (Å²) < 4.78 is 16.2. The fraction of sp³-hybridized carbons (Fsp3) is 0.0714. The van der Waals surface area contributed by atoms with E-state index in [1.807, 2.05) is 0 Å². The number of esters is 1. The van der Waals surface area contributed by atoms with Crippen molar-refractivity contribution in [2.24, 2.45) is 5.10 Å². The molecule has 0 aliphatic rings. The van der Waals surface area contributed by atoms with Gasteiger partial charge >= 0.3 is 5.97 Å². The van der Waals surface area contributed by atoms with Gasteiger partial charge in [-0.15, -0.1) is 0 Å². The molecule has 0 saturated carbocycles. The normalized spacial score (nSPS) is 10.7. The summed E-state index contributed by atoms with van der Waals surface area (Å²) in [7, 11) is 0. The zero-order chi connectivity index (χ0) is 26.9. The Labute approximate surface area is 223 Å². The fourth-order valence-electron chi connectivity index (χ4n) is 3.31. The van der Waals surface area contributed by atoms with E-state index in [4.69, 9.17) is 25.5 Å². The Balaban J connectivity index is 1.43. The molecule has 2 amide bonds. The molecule has 0 bridgehead atoms.